The van der Waals surface area contributed by atoms with Crippen molar-refractivity contribution in [3.8, 4) is 39.7 Å². The van der Waals surface area contributed by atoms with Gasteiger partial charge in [-0.3, -0.25) is 19.2 Å². The Kier molecular flexibility index (Phi) is 13.1. The van der Waals surface area contributed by atoms with Gasteiger partial charge in [0.1, 0.15) is 17.1 Å². The highest BCUT2D eigenvalue weighted by atomic mass is 16.4. The van der Waals surface area contributed by atoms with Crippen molar-refractivity contribution in [2.24, 2.45) is 5.73 Å². The fraction of sp³-hybridized carbons (Fsp3) is 0.283. The van der Waals surface area contributed by atoms with Crippen LogP contribution in [0.3, 0.4) is 0 Å². The highest BCUT2D eigenvalue weighted by molar-refractivity contribution is 6.13. The van der Waals surface area contributed by atoms with Gasteiger partial charge in [-0.05, 0) is 105 Å². The Morgan fingerprint density at radius 3 is 2.50 bits per heavy atom. The van der Waals surface area contributed by atoms with E-state index in [1.54, 1.807) is 24.3 Å². The van der Waals surface area contributed by atoms with E-state index in [0.717, 1.165) is 52.8 Å². The lowest BCUT2D eigenvalue weighted by atomic mass is 9.88. The number of nitrogens with one attached hydrogen (secondary N) is 2. The number of aromatic carboxylic acids is 1. The molecule has 15 heteroatoms. The molecule has 1 fully saturated rings. The maximum Gasteiger partial charge on any atom is 0.337 e. The summed E-state index contributed by atoms with van der Waals surface area (Å²) in [5.41, 5.74) is 11.4. The maximum absolute atomic E-state index is 13.6. The molecule has 6 N–H and O–H groups in total. The van der Waals surface area contributed by atoms with E-state index in [-0.39, 0.29) is 63.6 Å². The number of carbonyl (C=O) groups is 4. The van der Waals surface area contributed by atoms with Gasteiger partial charge in [0.15, 0.2) is 11.3 Å². The number of carbonyl (C=O) groups excluding carboxylic acids is 3. The average Bonchev–Trinajstić information content (AvgIpc) is 3.90. The molecule has 0 radical (unpaired) electrons. The number of likely N-dealkylation sites (tertiary alicyclic amines) is 1. The number of imidazole rings is 1. The Morgan fingerprint density at radius 1 is 0.838 bits per heavy atom. The lowest BCUT2D eigenvalue weighted by molar-refractivity contribution is -0.121. The smallest absolute Gasteiger partial charge is 0.337 e. The largest absolute Gasteiger partial charge is 0.508 e. The molecule has 9 rings (SSSR count). The monoisotopic (exact) mass is 915 g/mol. The Balaban J connectivity index is 0.810. The van der Waals surface area contributed by atoms with Gasteiger partial charge in [-0.15, -0.1) is 0 Å². The van der Waals surface area contributed by atoms with Crippen molar-refractivity contribution in [2.75, 3.05) is 26.2 Å². The summed E-state index contributed by atoms with van der Waals surface area (Å²) in [6.45, 7) is 5.38. The maximum atomic E-state index is 13.6. The number of unbranched alkanes of at least 4 members (excludes halogenated alkanes) is 2. The summed E-state index contributed by atoms with van der Waals surface area (Å²) in [6, 6.07) is 29.4. The predicted molar refractivity (Wildman–Crippen MR) is 261 cm³/mol. The van der Waals surface area contributed by atoms with Crippen LogP contribution in [0.2, 0.25) is 0 Å². The number of carboxylic acids is 1. The summed E-state index contributed by atoms with van der Waals surface area (Å²) in [5, 5.41) is 28.1. The zero-order valence-corrected chi connectivity index (χ0v) is 37.8. The molecule has 15 nitrogen and oxygen atoms in total. The van der Waals surface area contributed by atoms with Gasteiger partial charge in [-0.1, -0.05) is 36.8 Å². The van der Waals surface area contributed by atoms with E-state index < -0.39 is 11.9 Å². The molecule has 6 aromatic rings. The Labute approximate surface area is 391 Å². The molecule has 348 valence electrons. The number of hydrogen-bond donors (Lipinski definition) is 5. The Hall–Kier alpha value is -7.78. The number of aromatic hydroxyl groups is 1. The number of para-hydroxylation sites is 1. The number of carboxylic acid groups (broad SMARTS) is 1. The van der Waals surface area contributed by atoms with Crippen molar-refractivity contribution < 1.29 is 33.8 Å². The molecule has 68 heavy (non-hydrogen) atoms. The van der Waals surface area contributed by atoms with E-state index in [2.05, 4.69) is 44.9 Å². The van der Waals surface area contributed by atoms with Crippen LogP contribution in [0.1, 0.15) is 82.9 Å². The minimum Gasteiger partial charge on any atom is -0.508 e. The number of phenolic OH excluding ortho intramolecular Hbond substituents is 1. The van der Waals surface area contributed by atoms with Gasteiger partial charge in [0.05, 0.1) is 27.9 Å². The molecule has 4 heterocycles. The second-order valence-corrected chi connectivity index (χ2v) is 17.4. The first-order valence-corrected chi connectivity index (χ1v) is 23.2. The van der Waals surface area contributed by atoms with Crippen molar-refractivity contribution in [3.05, 3.63) is 130 Å². The minimum atomic E-state index is -1.31. The molecular formula is C53H53N7O8. The number of fused-ring (bicyclic) bond motifs is 4. The molecule has 1 saturated heterocycles. The van der Waals surface area contributed by atoms with Crippen LogP contribution in [0.15, 0.2) is 112 Å². The molecule has 3 amide bonds. The molecule has 3 aliphatic rings. The summed E-state index contributed by atoms with van der Waals surface area (Å²) in [6.07, 6.45) is 4.57. The molecule has 0 spiro atoms. The van der Waals surface area contributed by atoms with Crippen LogP contribution in [-0.2, 0) is 17.9 Å². The molecule has 2 aromatic heterocycles. The van der Waals surface area contributed by atoms with Crippen LogP contribution in [0.25, 0.3) is 66.9 Å². The highest BCUT2D eigenvalue weighted by Gasteiger charge is 2.27. The molecule has 2 aliphatic heterocycles. The zero-order chi connectivity index (χ0) is 47.5. The summed E-state index contributed by atoms with van der Waals surface area (Å²) in [5.74, 6) is -1.05. The summed E-state index contributed by atoms with van der Waals surface area (Å²) >= 11 is 0. The number of nitrogens with zero attached hydrogens (tertiary/aromatic N) is 4. The van der Waals surface area contributed by atoms with Gasteiger partial charge in [0.25, 0.3) is 11.8 Å². The van der Waals surface area contributed by atoms with Gasteiger partial charge in [0.2, 0.25) is 5.91 Å². The highest BCUT2D eigenvalue weighted by Crippen LogP contribution is 2.42. The fourth-order valence-corrected chi connectivity index (χ4v) is 9.57. The first kappa shape index (κ1) is 45.4. The van der Waals surface area contributed by atoms with Crippen molar-refractivity contribution in [1.29, 1.82) is 0 Å². The number of piperidine rings is 1. The molecule has 4 aromatic carbocycles. The predicted octanol–water partition coefficient (Wildman–Crippen LogP) is 8.02. The Morgan fingerprint density at radius 2 is 1.68 bits per heavy atom. The number of aromatic nitrogens is 3. The molecule has 0 saturated carbocycles. The minimum absolute atomic E-state index is 0.0218. The fourth-order valence-electron chi connectivity index (χ4n) is 9.57. The van der Waals surface area contributed by atoms with E-state index in [0.29, 0.717) is 80.4 Å². The topological polar surface area (TPSA) is 215 Å². The van der Waals surface area contributed by atoms with Crippen LogP contribution < -0.4 is 21.8 Å². The van der Waals surface area contributed by atoms with E-state index >= 15 is 0 Å². The van der Waals surface area contributed by atoms with Crippen molar-refractivity contribution in [2.45, 2.75) is 71.0 Å². The van der Waals surface area contributed by atoms with E-state index in [4.69, 9.17) is 15.1 Å². The quantitative estimate of drug-likeness (QED) is 0.0465. The summed E-state index contributed by atoms with van der Waals surface area (Å²) in [4.78, 5) is 72.1. The van der Waals surface area contributed by atoms with Crippen LogP contribution >= 0.6 is 0 Å². The van der Waals surface area contributed by atoms with Crippen LogP contribution in [0, 0.1) is 0 Å². The van der Waals surface area contributed by atoms with E-state index in [1.165, 1.54) is 30.3 Å². The number of amides is 3. The van der Waals surface area contributed by atoms with E-state index in [1.807, 2.05) is 35.2 Å². The van der Waals surface area contributed by atoms with Gasteiger partial charge in [-0.25, -0.2) is 9.78 Å². The number of phenols is 1. The summed E-state index contributed by atoms with van der Waals surface area (Å²) in [7, 11) is 0. The normalized spacial score (nSPS) is 14.0. The number of aryl methyl sites for hydroxylation is 2. The molecule has 1 aliphatic carbocycles. The molecule has 0 unspecified atom stereocenters. The summed E-state index contributed by atoms with van der Waals surface area (Å²) < 4.78 is 10.4. The molecule has 0 bridgehead atoms. The molecule has 1 atom stereocenters. The number of benzene rings is 5. The number of nitrogens with two attached hydrogens (primary N) is 1. The van der Waals surface area contributed by atoms with Crippen molar-refractivity contribution in [3.63, 3.8) is 0 Å². The van der Waals surface area contributed by atoms with Crippen LogP contribution in [0.4, 0.5) is 0 Å². The van der Waals surface area contributed by atoms with Crippen molar-refractivity contribution >= 4 is 56.6 Å². The van der Waals surface area contributed by atoms with Crippen LogP contribution in [-0.4, -0.2) is 85.1 Å². The van der Waals surface area contributed by atoms with Gasteiger partial charge < -0.3 is 45.0 Å². The lowest BCUT2D eigenvalue weighted by Crippen LogP contribution is -2.45. The number of rotatable bonds is 16. The SMILES string of the molecule is CCn1c(-c2nc3cc(C(=O)N4CCC[C@@H](N)C4)ccc3n2CCCNC(=O)CCCCCNC(=O)c2cccc(-c3c4ccc(=O)cc-4oc4cc(O)ccc34)c2C(=O)O)cc2ccccc21. The van der Waals surface area contributed by atoms with E-state index in [9.17, 15) is 34.2 Å². The van der Waals surface area contributed by atoms with Gasteiger partial charge >= 0.3 is 5.97 Å². The first-order chi connectivity index (χ1) is 33.0. The lowest BCUT2D eigenvalue weighted by Gasteiger charge is -2.30. The standard InChI is InChI=1S/C53H53N7O8/c1-2-59-42-15-6-5-11-32(42)28-44(59)50-57-41-27-33(52(65)58-25-9-12-34(54)31-58)17-22-43(41)60(50)26-10-24-55-47(63)16-4-3-7-23-56-51(64)40-14-8-13-39(49(40)53(66)67)48-37-20-18-35(61)29-45(37)68-46-30-36(62)19-21-38(46)48/h5-6,8,11,13-15,17-22,27-30,34,61H,2-4,7,9-10,12,16,23-26,31,54H2,1H3,(H,55,63)(H,56,64)(H,66,67)/t34-/m1/s1. The third kappa shape index (κ3) is 9.16. The van der Waals surface area contributed by atoms with Gasteiger partial charge in [0, 0.05) is 96.8 Å². The second kappa shape index (κ2) is 19.6. The first-order valence-electron chi connectivity index (χ1n) is 23.2. The number of hydrogen-bond acceptors (Lipinski definition) is 9. The van der Waals surface area contributed by atoms with Crippen molar-refractivity contribution in [1.82, 2.24) is 29.7 Å². The van der Waals surface area contributed by atoms with Gasteiger partial charge in [-0.2, -0.15) is 0 Å². The average molecular weight is 916 g/mol. The van der Waals surface area contributed by atoms with Crippen LogP contribution in [0.5, 0.6) is 5.75 Å². The zero-order valence-electron chi connectivity index (χ0n) is 37.8. The third-order valence-corrected chi connectivity index (χ3v) is 12.8. The Bertz CT molecular complexity index is 3260. The second-order valence-electron chi connectivity index (χ2n) is 17.4. The molecular weight excluding hydrogens is 863 g/mol. The third-order valence-electron chi connectivity index (χ3n) is 12.8.